The first-order valence-corrected chi connectivity index (χ1v) is 7.16. The van der Waals surface area contributed by atoms with Crippen molar-refractivity contribution in [2.24, 2.45) is 0 Å². The number of phenols is 1. The maximum Gasteiger partial charge on any atom is 0.123 e. The number of halogens is 2. The van der Waals surface area contributed by atoms with E-state index in [4.69, 9.17) is 23.2 Å². The van der Waals surface area contributed by atoms with Crippen LogP contribution in [0.4, 0.5) is 5.69 Å². The molecule has 0 aliphatic heterocycles. The van der Waals surface area contributed by atoms with Gasteiger partial charge in [0.25, 0.3) is 0 Å². The summed E-state index contributed by atoms with van der Waals surface area (Å²) in [7, 11) is 0. The van der Waals surface area contributed by atoms with Gasteiger partial charge in [0, 0.05) is 21.3 Å². The molecule has 2 nitrogen and oxygen atoms in total. The Kier molecular flexibility index (Phi) is 4.46. The third-order valence-electron chi connectivity index (χ3n) is 3.43. The third-order valence-corrected chi connectivity index (χ3v) is 4.01. The Morgan fingerprint density at radius 3 is 2.50 bits per heavy atom. The summed E-state index contributed by atoms with van der Waals surface area (Å²) in [6.45, 7) is 5.77. The molecule has 0 radical (unpaired) electrons. The Hall–Kier alpha value is -1.38. The predicted octanol–water partition coefficient (Wildman–Crippen LogP) is 5.49. The van der Waals surface area contributed by atoms with Gasteiger partial charge in [-0.05, 0) is 56.2 Å². The number of benzene rings is 2. The van der Waals surface area contributed by atoms with Gasteiger partial charge in [-0.3, -0.25) is 0 Å². The fourth-order valence-corrected chi connectivity index (χ4v) is 2.61. The molecule has 0 aromatic heterocycles. The molecule has 1 atom stereocenters. The number of phenolic OH excluding ortho intramolecular Hbond substituents is 1. The molecular formula is C16H17Cl2NO. The summed E-state index contributed by atoms with van der Waals surface area (Å²) < 4.78 is 0. The van der Waals surface area contributed by atoms with Crippen LogP contribution in [0, 0.1) is 13.8 Å². The van der Waals surface area contributed by atoms with Crippen molar-refractivity contribution in [3.63, 3.8) is 0 Å². The second-order valence-corrected chi connectivity index (χ2v) is 5.78. The van der Waals surface area contributed by atoms with Crippen LogP contribution >= 0.6 is 23.2 Å². The van der Waals surface area contributed by atoms with Crippen LogP contribution in [-0.2, 0) is 0 Å². The van der Waals surface area contributed by atoms with E-state index >= 15 is 0 Å². The highest BCUT2D eigenvalue weighted by atomic mass is 35.5. The van der Waals surface area contributed by atoms with E-state index < -0.39 is 0 Å². The first kappa shape index (κ1) is 15.0. The molecule has 1 unspecified atom stereocenters. The molecule has 0 saturated heterocycles. The lowest BCUT2D eigenvalue weighted by molar-refractivity contribution is 0.467. The number of nitrogens with one attached hydrogen (secondary N) is 1. The summed E-state index contributed by atoms with van der Waals surface area (Å²) in [4.78, 5) is 0. The molecule has 0 spiro atoms. The lowest BCUT2D eigenvalue weighted by Crippen LogP contribution is -2.08. The predicted molar refractivity (Wildman–Crippen MR) is 86.1 cm³/mol. The molecular weight excluding hydrogens is 293 g/mol. The molecule has 20 heavy (non-hydrogen) atoms. The van der Waals surface area contributed by atoms with Crippen LogP contribution in [0.25, 0.3) is 0 Å². The van der Waals surface area contributed by atoms with Gasteiger partial charge in [-0.2, -0.15) is 0 Å². The lowest BCUT2D eigenvalue weighted by atomic mass is 10.1. The van der Waals surface area contributed by atoms with E-state index in [9.17, 15) is 5.11 Å². The van der Waals surface area contributed by atoms with Crippen LogP contribution < -0.4 is 5.32 Å². The van der Waals surface area contributed by atoms with E-state index in [-0.39, 0.29) is 6.04 Å². The van der Waals surface area contributed by atoms with E-state index in [2.05, 4.69) is 5.32 Å². The van der Waals surface area contributed by atoms with Crippen molar-refractivity contribution in [1.82, 2.24) is 0 Å². The molecule has 0 saturated carbocycles. The number of aromatic hydroxyl groups is 1. The van der Waals surface area contributed by atoms with E-state index in [0.717, 1.165) is 22.4 Å². The number of aryl methyl sites for hydroxylation is 1. The van der Waals surface area contributed by atoms with Crippen molar-refractivity contribution >= 4 is 28.9 Å². The molecule has 2 N–H and O–H groups in total. The topological polar surface area (TPSA) is 32.3 Å². The minimum Gasteiger partial charge on any atom is -0.507 e. The first-order chi connectivity index (χ1) is 9.40. The van der Waals surface area contributed by atoms with Crippen molar-refractivity contribution in [2.45, 2.75) is 26.8 Å². The van der Waals surface area contributed by atoms with Crippen molar-refractivity contribution in [2.75, 3.05) is 5.32 Å². The zero-order chi connectivity index (χ0) is 14.9. The smallest absolute Gasteiger partial charge is 0.123 e. The van der Waals surface area contributed by atoms with E-state index in [0.29, 0.717) is 15.8 Å². The SMILES string of the molecule is Cc1ccc(NC(C)c2cc(Cl)ccc2Cl)c(C)c1O. The Balaban J connectivity index is 2.30. The normalized spacial score (nSPS) is 12.2. The Labute approximate surface area is 129 Å². The molecule has 0 aliphatic carbocycles. The monoisotopic (exact) mass is 309 g/mol. The summed E-state index contributed by atoms with van der Waals surface area (Å²) in [6.07, 6.45) is 0. The maximum absolute atomic E-state index is 9.98. The van der Waals surface area contributed by atoms with Crippen molar-refractivity contribution < 1.29 is 5.11 Å². The van der Waals surface area contributed by atoms with Crippen LogP contribution in [0.5, 0.6) is 5.75 Å². The molecule has 2 rings (SSSR count). The molecule has 0 fully saturated rings. The minimum atomic E-state index is -0.0120. The van der Waals surface area contributed by atoms with Crippen LogP contribution in [0.3, 0.4) is 0 Å². The van der Waals surface area contributed by atoms with Gasteiger partial charge in [0.2, 0.25) is 0 Å². The Bertz CT molecular complexity index is 641. The maximum atomic E-state index is 9.98. The van der Waals surface area contributed by atoms with Crippen molar-refractivity contribution in [3.05, 3.63) is 57.1 Å². The summed E-state index contributed by atoms with van der Waals surface area (Å²) in [5.41, 5.74) is 3.51. The Morgan fingerprint density at radius 1 is 1.10 bits per heavy atom. The van der Waals surface area contributed by atoms with Gasteiger partial charge >= 0.3 is 0 Å². The zero-order valence-electron chi connectivity index (χ0n) is 11.7. The molecule has 2 aromatic rings. The molecule has 0 heterocycles. The van der Waals surface area contributed by atoms with Crippen molar-refractivity contribution in [1.29, 1.82) is 0 Å². The fraction of sp³-hybridized carbons (Fsp3) is 0.250. The number of hydrogen-bond acceptors (Lipinski definition) is 2. The highest BCUT2D eigenvalue weighted by molar-refractivity contribution is 6.33. The number of hydrogen-bond donors (Lipinski definition) is 2. The van der Waals surface area contributed by atoms with Gasteiger partial charge in [0.05, 0.1) is 6.04 Å². The Morgan fingerprint density at radius 2 is 1.80 bits per heavy atom. The van der Waals surface area contributed by atoms with Gasteiger partial charge in [-0.15, -0.1) is 0 Å². The minimum absolute atomic E-state index is 0.0120. The average molecular weight is 310 g/mol. The quantitative estimate of drug-likeness (QED) is 0.785. The van der Waals surface area contributed by atoms with Gasteiger partial charge in [-0.25, -0.2) is 0 Å². The van der Waals surface area contributed by atoms with E-state index in [1.54, 1.807) is 12.1 Å². The van der Waals surface area contributed by atoms with Crippen LogP contribution in [0.15, 0.2) is 30.3 Å². The standard InChI is InChI=1S/C16H17Cl2NO/c1-9-4-7-15(10(2)16(9)20)19-11(3)13-8-12(17)5-6-14(13)18/h4-8,11,19-20H,1-3H3. The molecule has 0 aliphatic rings. The van der Waals surface area contributed by atoms with E-state index in [1.807, 2.05) is 39.0 Å². The number of anilines is 1. The summed E-state index contributed by atoms with van der Waals surface area (Å²) >= 11 is 12.2. The average Bonchev–Trinajstić information content (AvgIpc) is 2.42. The van der Waals surface area contributed by atoms with Crippen LogP contribution in [0.2, 0.25) is 10.0 Å². The first-order valence-electron chi connectivity index (χ1n) is 6.40. The van der Waals surface area contributed by atoms with E-state index in [1.165, 1.54) is 0 Å². The van der Waals surface area contributed by atoms with Crippen LogP contribution in [0.1, 0.15) is 29.7 Å². The van der Waals surface area contributed by atoms with Gasteiger partial charge < -0.3 is 10.4 Å². The second kappa shape index (κ2) is 5.94. The zero-order valence-corrected chi connectivity index (χ0v) is 13.2. The molecule has 0 bridgehead atoms. The van der Waals surface area contributed by atoms with Gasteiger partial charge in [0.1, 0.15) is 5.75 Å². The number of rotatable bonds is 3. The summed E-state index contributed by atoms with van der Waals surface area (Å²) in [5, 5.41) is 14.7. The molecule has 4 heteroatoms. The highest BCUT2D eigenvalue weighted by Gasteiger charge is 2.13. The second-order valence-electron chi connectivity index (χ2n) is 4.94. The molecule has 2 aromatic carbocycles. The largest absolute Gasteiger partial charge is 0.507 e. The highest BCUT2D eigenvalue weighted by Crippen LogP contribution is 2.33. The summed E-state index contributed by atoms with van der Waals surface area (Å²) in [6, 6.07) is 9.24. The van der Waals surface area contributed by atoms with Crippen LogP contribution in [-0.4, -0.2) is 5.11 Å². The van der Waals surface area contributed by atoms with Gasteiger partial charge in [0.15, 0.2) is 0 Å². The summed E-state index contributed by atoms with van der Waals surface area (Å²) in [5.74, 6) is 0.319. The fourth-order valence-electron chi connectivity index (χ4n) is 2.15. The third kappa shape index (κ3) is 3.02. The van der Waals surface area contributed by atoms with Crippen molar-refractivity contribution in [3.8, 4) is 5.75 Å². The molecule has 0 amide bonds. The molecule has 106 valence electrons. The van der Waals surface area contributed by atoms with Gasteiger partial charge in [-0.1, -0.05) is 29.3 Å². The lowest BCUT2D eigenvalue weighted by Gasteiger charge is -2.20.